The summed E-state index contributed by atoms with van der Waals surface area (Å²) in [4.78, 5) is 5.27. The summed E-state index contributed by atoms with van der Waals surface area (Å²) < 4.78 is 4.76. The lowest BCUT2D eigenvalue weighted by molar-refractivity contribution is 0.573. The van der Waals surface area contributed by atoms with Gasteiger partial charge in [-0.1, -0.05) is 140 Å². The number of hydrogen-bond acceptors (Lipinski definition) is 2. The highest BCUT2D eigenvalue weighted by molar-refractivity contribution is 6.12. The van der Waals surface area contributed by atoms with E-state index in [9.17, 15) is 0 Å². The van der Waals surface area contributed by atoms with E-state index in [0.29, 0.717) is 0 Å². The van der Waals surface area contributed by atoms with Crippen LogP contribution in [0.4, 0.5) is 0 Å². The molecule has 0 saturated heterocycles. The summed E-state index contributed by atoms with van der Waals surface area (Å²) >= 11 is 0. The Labute approximate surface area is 319 Å². The number of benzene rings is 8. The van der Waals surface area contributed by atoms with Crippen molar-refractivity contribution in [3.05, 3.63) is 217 Å². The molecule has 11 rings (SSSR count). The molecule has 0 fully saturated rings. The first-order valence-electron chi connectivity index (χ1n) is 19.0. The standard InChI is InChI=1S/C51H36N4/c1-4-14-34(15-5-1)49-50(35-16-6-2-7-17-35)53-51(52-49)36-24-28-40(29-25-36)55-46-23-13-11-21-42(46)44-33-38(27-31-48(44)55)37-26-30-47-43(32-37)41-20-10-12-22-45(41)54(47)39-18-8-3-9-19-39/h1-33,49,51-52H/t49-,51?/m1/s1. The van der Waals surface area contributed by atoms with Crippen molar-refractivity contribution in [2.45, 2.75) is 12.2 Å². The van der Waals surface area contributed by atoms with Gasteiger partial charge < -0.3 is 9.13 Å². The minimum atomic E-state index is -0.144. The maximum absolute atomic E-state index is 5.27. The number of nitrogens with one attached hydrogen (secondary N) is 1. The second kappa shape index (κ2) is 12.8. The fourth-order valence-corrected chi connectivity index (χ4v) is 8.65. The highest BCUT2D eigenvalue weighted by atomic mass is 15.2. The number of aliphatic imine (C=N–C) groups is 1. The predicted octanol–water partition coefficient (Wildman–Crippen LogP) is 12.4. The van der Waals surface area contributed by atoms with Crippen LogP contribution in [0.1, 0.15) is 28.9 Å². The Balaban J connectivity index is 0.977. The summed E-state index contributed by atoms with van der Waals surface area (Å²) in [5.41, 5.74) is 14.1. The number of hydrogen-bond donors (Lipinski definition) is 1. The second-order valence-electron chi connectivity index (χ2n) is 14.4. The second-order valence-corrected chi connectivity index (χ2v) is 14.4. The number of para-hydroxylation sites is 3. The fraction of sp³-hybridized carbons (Fsp3) is 0.0392. The van der Waals surface area contributed by atoms with Gasteiger partial charge in [-0.3, -0.25) is 10.3 Å². The van der Waals surface area contributed by atoms with Crippen molar-refractivity contribution in [1.29, 1.82) is 0 Å². The van der Waals surface area contributed by atoms with Crippen molar-refractivity contribution in [1.82, 2.24) is 14.5 Å². The van der Waals surface area contributed by atoms with Gasteiger partial charge in [0.05, 0.1) is 33.8 Å². The molecule has 4 nitrogen and oxygen atoms in total. The molecule has 1 aliphatic heterocycles. The Morgan fingerprint density at radius 2 is 0.836 bits per heavy atom. The Bertz CT molecular complexity index is 3050. The van der Waals surface area contributed by atoms with Crippen LogP contribution in [0.3, 0.4) is 0 Å². The molecule has 2 atom stereocenters. The van der Waals surface area contributed by atoms with Gasteiger partial charge in [-0.25, -0.2) is 0 Å². The Hall–Kier alpha value is -7.01. The van der Waals surface area contributed by atoms with E-state index in [1.807, 2.05) is 0 Å². The van der Waals surface area contributed by atoms with Gasteiger partial charge in [0.25, 0.3) is 0 Å². The zero-order valence-corrected chi connectivity index (χ0v) is 30.0. The summed E-state index contributed by atoms with van der Waals surface area (Å²) in [6.45, 7) is 0. The van der Waals surface area contributed by atoms with Gasteiger partial charge in [-0.05, 0) is 88.5 Å². The average molecular weight is 705 g/mol. The molecule has 0 saturated carbocycles. The molecule has 1 N–H and O–H groups in total. The van der Waals surface area contributed by atoms with Crippen molar-refractivity contribution in [3.8, 4) is 22.5 Å². The molecule has 2 aromatic heterocycles. The molecule has 0 spiro atoms. The molecule has 1 unspecified atom stereocenters. The first kappa shape index (κ1) is 31.5. The zero-order chi connectivity index (χ0) is 36.3. The van der Waals surface area contributed by atoms with Crippen LogP contribution in [0.5, 0.6) is 0 Å². The molecule has 0 radical (unpaired) electrons. The third-order valence-electron chi connectivity index (χ3n) is 11.2. The summed E-state index contributed by atoms with van der Waals surface area (Å²) in [6, 6.07) is 72.0. The van der Waals surface area contributed by atoms with E-state index in [4.69, 9.17) is 4.99 Å². The van der Waals surface area contributed by atoms with Crippen molar-refractivity contribution in [2.24, 2.45) is 4.99 Å². The van der Waals surface area contributed by atoms with Gasteiger partial charge >= 0.3 is 0 Å². The first-order valence-corrected chi connectivity index (χ1v) is 19.0. The third-order valence-corrected chi connectivity index (χ3v) is 11.2. The lowest BCUT2D eigenvalue weighted by Crippen LogP contribution is -2.24. The maximum Gasteiger partial charge on any atom is 0.126 e. The van der Waals surface area contributed by atoms with Crippen LogP contribution in [0.25, 0.3) is 66.1 Å². The van der Waals surface area contributed by atoms with Gasteiger partial charge in [0, 0.05) is 32.9 Å². The minimum Gasteiger partial charge on any atom is -0.309 e. The van der Waals surface area contributed by atoms with Crippen LogP contribution in [0.2, 0.25) is 0 Å². The number of nitrogens with zero attached hydrogens (tertiary/aromatic N) is 3. The molecule has 260 valence electrons. The van der Waals surface area contributed by atoms with Crippen LogP contribution in [-0.4, -0.2) is 14.8 Å². The average Bonchev–Trinajstić information content (AvgIpc) is 3.95. The molecule has 0 amide bonds. The highest BCUT2D eigenvalue weighted by Crippen LogP contribution is 2.39. The molecule has 3 heterocycles. The van der Waals surface area contributed by atoms with E-state index in [2.05, 4.69) is 215 Å². The van der Waals surface area contributed by atoms with Crippen LogP contribution < -0.4 is 5.32 Å². The van der Waals surface area contributed by atoms with E-state index in [1.165, 1.54) is 66.0 Å². The smallest absolute Gasteiger partial charge is 0.126 e. The van der Waals surface area contributed by atoms with Crippen LogP contribution in [-0.2, 0) is 0 Å². The molecule has 10 aromatic rings. The Morgan fingerprint density at radius 1 is 0.364 bits per heavy atom. The molecule has 0 bridgehead atoms. The minimum absolute atomic E-state index is 0.0167. The lowest BCUT2D eigenvalue weighted by Gasteiger charge is -2.17. The summed E-state index contributed by atoms with van der Waals surface area (Å²) in [5, 5.41) is 8.82. The molecule has 1 aliphatic rings. The largest absolute Gasteiger partial charge is 0.309 e. The van der Waals surface area contributed by atoms with E-state index >= 15 is 0 Å². The van der Waals surface area contributed by atoms with Crippen molar-refractivity contribution >= 4 is 49.3 Å². The van der Waals surface area contributed by atoms with Crippen molar-refractivity contribution in [3.63, 3.8) is 0 Å². The summed E-state index contributed by atoms with van der Waals surface area (Å²) in [5.74, 6) is 0. The van der Waals surface area contributed by atoms with Crippen LogP contribution in [0.15, 0.2) is 205 Å². The van der Waals surface area contributed by atoms with Crippen LogP contribution >= 0.6 is 0 Å². The number of rotatable bonds is 6. The molecular weight excluding hydrogens is 669 g/mol. The quantitative estimate of drug-likeness (QED) is 0.184. The predicted molar refractivity (Wildman–Crippen MR) is 229 cm³/mol. The fourth-order valence-electron chi connectivity index (χ4n) is 8.65. The topological polar surface area (TPSA) is 34.2 Å². The summed E-state index contributed by atoms with van der Waals surface area (Å²) in [7, 11) is 0. The van der Waals surface area contributed by atoms with Crippen LogP contribution in [0, 0.1) is 0 Å². The maximum atomic E-state index is 5.27. The third kappa shape index (κ3) is 5.22. The van der Waals surface area contributed by atoms with Crippen molar-refractivity contribution in [2.75, 3.05) is 0 Å². The zero-order valence-electron chi connectivity index (χ0n) is 30.0. The van der Waals surface area contributed by atoms with E-state index < -0.39 is 0 Å². The Kier molecular flexibility index (Phi) is 7.35. The van der Waals surface area contributed by atoms with Gasteiger partial charge in [-0.15, -0.1) is 0 Å². The molecule has 0 aliphatic carbocycles. The number of aromatic nitrogens is 2. The van der Waals surface area contributed by atoms with E-state index in [0.717, 1.165) is 22.5 Å². The van der Waals surface area contributed by atoms with Crippen molar-refractivity contribution < 1.29 is 0 Å². The van der Waals surface area contributed by atoms with E-state index in [1.54, 1.807) is 0 Å². The molecular formula is C51H36N4. The molecule has 4 heteroatoms. The monoisotopic (exact) mass is 704 g/mol. The number of fused-ring (bicyclic) bond motifs is 6. The van der Waals surface area contributed by atoms with Gasteiger partial charge in [-0.2, -0.15) is 0 Å². The first-order chi connectivity index (χ1) is 27.3. The van der Waals surface area contributed by atoms with Gasteiger partial charge in [0.15, 0.2) is 0 Å². The normalized spacial score (nSPS) is 15.7. The highest BCUT2D eigenvalue weighted by Gasteiger charge is 2.30. The SMILES string of the molecule is c1ccc(C2=NC(c3ccc(-n4c5ccccc5c5cc(-c6ccc7c(c6)c6ccccc6n7-c6ccccc6)ccc54)cc3)N[C@@H]2c2ccccc2)cc1. The molecule has 55 heavy (non-hydrogen) atoms. The van der Waals surface area contributed by atoms with Gasteiger partial charge in [0.2, 0.25) is 0 Å². The van der Waals surface area contributed by atoms with Gasteiger partial charge in [0.1, 0.15) is 6.17 Å². The molecule has 8 aromatic carbocycles. The lowest BCUT2D eigenvalue weighted by atomic mass is 9.97. The van der Waals surface area contributed by atoms with E-state index in [-0.39, 0.29) is 12.2 Å². The Morgan fingerprint density at radius 3 is 1.42 bits per heavy atom. The summed E-state index contributed by atoms with van der Waals surface area (Å²) in [6.07, 6.45) is -0.144.